The molecule has 0 amide bonds. The van der Waals surface area contributed by atoms with E-state index >= 15 is 0 Å². The lowest BCUT2D eigenvalue weighted by Crippen LogP contribution is -2.66. The van der Waals surface area contributed by atoms with Crippen LogP contribution in [0.3, 0.4) is 0 Å². The standard InChI is InChI=1S/C33H49ClO4/c1-19(2)21-11-16-33(27(36)28(34)37)18-17-31(7)22(26(21)33)9-10-24-30(6)14-13-25(38-20(3)35)29(4,5)23(30)12-15-32(24,31)8/h19,22-25H,9-18H2,1-8H3. The van der Waals surface area contributed by atoms with Crippen molar-refractivity contribution in [3.8, 4) is 0 Å². The SMILES string of the molecule is CC(=O)OC1CCC2(C)C(CCC3(C)C2CCC2C4=C(C(C)C)CCC4(C(=O)C(=O)Cl)CCC23C)C1(C)C. The molecule has 0 aliphatic heterocycles. The third-order valence-electron chi connectivity index (χ3n) is 13.5. The third-order valence-corrected chi connectivity index (χ3v) is 13.7. The summed E-state index contributed by atoms with van der Waals surface area (Å²) in [6.45, 7) is 18.4. The molecule has 8 atom stereocenters. The lowest BCUT2D eigenvalue weighted by Gasteiger charge is -2.72. The number of fused-ring (bicyclic) bond motifs is 7. The molecule has 0 aromatic carbocycles. The van der Waals surface area contributed by atoms with E-state index in [4.69, 9.17) is 16.3 Å². The average Bonchev–Trinajstić information content (AvgIpc) is 3.22. The van der Waals surface area contributed by atoms with E-state index in [0.717, 1.165) is 57.8 Å². The predicted molar refractivity (Wildman–Crippen MR) is 150 cm³/mol. The molecule has 0 radical (unpaired) electrons. The molecule has 4 saturated carbocycles. The molecular weight excluding hydrogens is 496 g/mol. The van der Waals surface area contributed by atoms with Crippen LogP contribution in [-0.2, 0) is 19.1 Å². The van der Waals surface area contributed by atoms with E-state index in [1.165, 1.54) is 17.6 Å². The van der Waals surface area contributed by atoms with Gasteiger partial charge in [-0.15, -0.1) is 0 Å². The zero-order valence-corrected chi connectivity index (χ0v) is 25.7. The second-order valence-corrected chi connectivity index (χ2v) is 15.7. The Kier molecular flexibility index (Phi) is 6.66. The van der Waals surface area contributed by atoms with Gasteiger partial charge in [-0.2, -0.15) is 0 Å². The normalized spacial score (nSPS) is 45.5. The molecular formula is C33H49ClO4. The smallest absolute Gasteiger partial charge is 0.302 e. The molecule has 0 aromatic rings. The number of esters is 1. The minimum Gasteiger partial charge on any atom is -0.462 e. The minimum atomic E-state index is -0.782. The zero-order chi connectivity index (χ0) is 28.1. The molecule has 5 heteroatoms. The first-order valence-electron chi connectivity index (χ1n) is 15.2. The van der Waals surface area contributed by atoms with Crippen molar-refractivity contribution in [3.63, 3.8) is 0 Å². The number of carbonyl (C=O) groups is 3. The van der Waals surface area contributed by atoms with Crippen LogP contribution in [-0.4, -0.2) is 23.1 Å². The summed E-state index contributed by atoms with van der Waals surface area (Å²) in [5.41, 5.74) is 2.47. The fourth-order valence-corrected chi connectivity index (χ4v) is 11.8. The Morgan fingerprint density at radius 3 is 2.13 bits per heavy atom. The summed E-state index contributed by atoms with van der Waals surface area (Å²) in [6.07, 6.45) is 10.00. The second-order valence-electron chi connectivity index (χ2n) is 15.4. The van der Waals surface area contributed by atoms with Gasteiger partial charge in [0.15, 0.2) is 0 Å². The molecule has 0 N–H and O–H groups in total. The average molecular weight is 545 g/mol. The Labute approximate surface area is 235 Å². The number of hydrogen-bond acceptors (Lipinski definition) is 4. The summed E-state index contributed by atoms with van der Waals surface area (Å²) >= 11 is 5.92. The molecule has 5 rings (SSSR count). The maximum atomic E-state index is 13.5. The maximum Gasteiger partial charge on any atom is 0.302 e. The van der Waals surface area contributed by atoms with Crippen molar-refractivity contribution in [2.45, 2.75) is 126 Å². The van der Waals surface area contributed by atoms with Crippen LogP contribution in [0.25, 0.3) is 0 Å². The number of allylic oxidation sites excluding steroid dienone is 2. The Bertz CT molecular complexity index is 1090. The number of hydrogen-bond donors (Lipinski definition) is 0. The summed E-state index contributed by atoms with van der Waals surface area (Å²) in [5.74, 6) is 1.31. The van der Waals surface area contributed by atoms with Gasteiger partial charge in [-0.3, -0.25) is 14.4 Å². The van der Waals surface area contributed by atoms with Gasteiger partial charge in [0, 0.05) is 12.3 Å². The molecule has 5 aliphatic carbocycles. The van der Waals surface area contributed by atoms with E-state index in [1.54, 1.807) is 6.92 Å². The number of carbonyl (C=O) groups excluding carboxylic acids is 3. The van der Waals surface area contributed by atoms with Gasteiger partial charge in [0.05, 0.1) is 5.41 Å². The topological polar surface area (TPSA) is 60.4 Å². The van der Waals surface area contributed by atoms with Crippen LogP contribution in [0.1, 0.15) is 120 Å². The van der Waals surface area contributed by atoms with Gasteiger partial charge in [-0.25, -0.2) is 0 Å². The summed E-state index contributed by atoms with van der Waals surface area (Å²) in [5, 5.41) is -0.782. The van der Waals surface area contributed by atoms with Gasteiger partial charge in [0.1, 0.15) is 6.10 Å². The van der Waals surface area contributed by atoms with E-state index < -0.39 is 10.7 Å². The summed E-state index contributed by atoms with van der Waals surface area (Å²) < 4.78 is 5.89. The van der Waals surface area contributed by atoms with Crippen molar-refractivity contribution >= 4 is 28.6 Å². The van der Waals surface area contributed by atoms with E-state index in [9.17, 15) is 14.4 Å². The quantitative estimate of drug-likeness (QED) is 0.155. The van der Waals surface area contributed by atoms with Crippen molar-refractivity contribution in [2.24, 2.45) is 50.7 Å². The minimum absolute atomic E-state index is 0.0130. The van der Waals surface area contributed by atoms with E-state index in [-0.39, 0.29) is 39.5 Å². The maximum absolute atomic E-state index is 13.5. The van der Waals surface area contributed by atoms with Crippen LogP contribution in [0.5, 0.6) is 0 Å². The number of ketones is 1. The summed E-state index contributed by atoms with van der Waals surface area (Å²) in [6, 6.07) is 0. The largest absolute Gasteiger partial charge is 0.462 e. The van der Waals surface area contributed by atoms with Crippen LogP contribution < -0.4 is 0 Å². The van der Waals surface area contributed by atoms with Crippen LogP contribution in [0.15, 0.2) is 11.1 Å². The van der Waals surface area contributed by atoms with Crippen LogP contribution in [0.2, 0.25) is 0 Å². The molecule has 0 saturated heterocycles. The highest BCUT2D eigenvalue weighted by Crippen LogP contribution is 2.77. The highest BCUT2D eigenvalue weighted by Gasteiger charge is 2.70. The van der Waals surface area contributed by atoms with Crippen molar-refractivity contribution in [3.05, 3.63) is 11.1 Å². The second kappa shape index (κ2) is 8.92. The molecule has 5 aliphatic rings. The molecule has 0 bridgehead atoms. The van der Waals surface area contributed by atoms with Crippen LogP contribution in [0.4, 0.5) is 0 Å². The number of halogens is 1. The first-order valence-corrected chi connectivity index (χ1v) is 15.6. The zero-order valence-electron chi connectivity index (χ0n) is 25.0. The van der Waals surface area contributed by atoms with Gasteiger partial charge in [0.2, 0.25) is 5.78 Å². The highest BCUT2D eigenvalue weighted by molar-refractivity contribution is 6.81. The fourth-order valence-electron chi connectivity index (χ4n) is 11.6. The third kappa shape index (κ3) is 3.56. The van der Waals surface area contributed by atoms with E-state index in [1.807, 2.05) is 0 Å². The van der Waals surface area contributed by atoms with E-state index in [2.05, 4.69) is 48.5 Å². The lowest BCUT2D eigenvalue weighted by atomic mass is 9.33. The van der Waals surface area contributed by atoms with Gasteiger partial charge in [-0.1, -0.05) is 59.6 Å². The first kappa shape index (κ1) is 28.4. The van der Waals surface area contributed by atoms with E-state index in [0.29, 0.717) is 23.7 Å². The van der Waals surface area contributed by atoms with Gasteiger partial charge in [-0.05, 0) is 116 Å². The molecule has 0 spiro atoms. The van der Waals surface area contributed by atoms with Crippen LogP contribution >= 0.6 is 11.6 Å². The molecule has 8 unspecified atom stereocenters. The van der Waals surface area contributed by atoms with Crippen LogP contribution in [0, 0.1) is 50.7 Å². The number of Topliss-reactive ketones (excluding diaryl/α,β-unsaturated/α-hetero) is 1. The lowest BCUT2D eigenvalue weighted by molar-refractivity contribution is -0.232. The van der Waals surface area contributed by atoms with Crippen molar-refractivity contribution < 1.29 is 19.1 Å². The van der Waals surface area contributed by atoms with Gasteiger partial charge in [0.25, 0.3) is 5.24 Å². The fraction of sp³-hybridized carbons (Fsp3) is 0.848. The number of rotatable bonds is 4. The highest BCUT2D eigenvalue weighted by atomic mass is 35.5. The molecule has 4 nitrogen and oxygen atoms in total. The van der Waals surface area contributed by atoms with Gasteiger partial charge < -0.3 is 4.74 Å². The predicted octanol–water partition coefficient (Wildman–Crippen LogP) is 8.05. The first-order chi connectivity index (χ1) is 17.6. The Morgan fingerprint density at radius 2 is 1.53 bits per heavy atom. The Morgan fingerprint density at radius 1 is 0.842 bits per heavy atom. The summed E-state index contributed by atoms with van der Waals surface area (Å²) in [4.78, 5) is 37.7. The molecule has 0 heterocycles. The molecule has 212 valence electrons. The van der Waals surface area contributed by atoms with Crippen molar-refractivity contribution in [1.29, 1.82) is 0 Å². The van der Waals surface area contributed by atoms with Crippen molar-refractivity contribution in [1.82, 2.24) is 0 Å². The number of ether oxygens (including phenoxy) is 1. The van der Waals surface area contributed by atoms with Gasteiger partial charge >= 0.3 is 5.97 Å². The summed E-state index contributed by atoms with van der Waals surface area (Å²) in [7, 11) is 0. The Hall–Kier alpha value is -1.16. The van der Waals surface area contributed by atoms with Crippen molar-refractivity contribution in [2.75, 3.05) is 0 Å². The Balaban J connectivity index is 1.56. The molecule has 38 heavy (non-hydrogen) atoms. The monoisotopic (exact) mass is 544 g/mol. The molecule has 0 aromatic heterocycles. The molecule has 4 fully saturated rings.